The molecule has 0 saturated carbocycles. The van der Waals surface area contributed by atoms with E-state index in [9.17, 15) is 10.1 Å². The second-order valence-electron chi connectivity index (χ2n) is 5.21. The average Bonchev–Trinajstić information content (AvgIpc) is 3.02. The summed E-state index contributed by atoms with van der Waals surface area (Å²) in [5.74, 6) is 0.579. The van der Waals surface area contributed by atoms with Crippen LogP contribution in [0.1, 0.15) is 17.0 Å². The number of aromatic nitrogens is 3. The molecule has 0 bridgehead atoms. The van der Waals surface area contributed by atoms with Gasteiger partial charge in [-0.15, -0.1) is 0 Å². The second kappa shape index (κ2) is 6.45. The van der Waals surface area contributed by atoms with Gasteiger partial charge < -0.3 is 9.26 Å². The van der Waals surface area contributed by atoms with Crippen LogP contribution in [0.5, 0.6) is 5.88 Å². The van der Waals surface area contributed by atoms with E-state index in [2.05, 4.69) is 15.1 Å². The van der Waals surface area contributed by atoms with Crippen molar-refractivity contribution >= 4 is 5.69 Å². The molecule has 0 aliphatic rings. The summed E-state index contributed by atoms with van der Waals surface area (Å²) in [5.41, 5.74) is 2.31. The van der Waals surface area contributed by atoms with Crippen molar-refractivity contribution in [2.24, 2.45) is 0 Å². The van der Waals surface area contributed by atoms with Gasteiger partial charge in [-0.3, -0.25) is 10.1 Å². The molecule has 8 heteroatoms. The molecule has 2 aromatic heterocycles. The molecule has 3 rings (SSSR count). The lowest BCUT2D eigenvalue weighted by atomic mass is 10.1. The molecule has 24 heavy (non-hydrogen) atoms. The van der Waals surface area contributed by atoms with E-state index in [1.165, 1.54) is 12.3 Å². The van der Waals surface area contributed by atoms with Crippen molar-refractivity contribution in [3.8, 4) is 17.3 Å². The molecule has 3 aromatic rings. The van der Waals surface area contributed by atoms with Crippen molar-refractivity contribution in [2.45, 2.75) is 20.5 Å². The lowest BCUT2D eigenvalue weighted by Crippen LogP contribution is -2.02. The van der Waals surface area contributed by atoms with Crippen LogP contribution in [0.3, 0.4) is 0 Å². The zero-order valence-corrected chi connectivity index (χ0v) is 13.1. The van der Waals surface area contributed by atoms with E-state index in [-0.39, 0.29) is 24.0 Å². The van der Waals surface area contributed by atoms with Gasteiger partial charge in [0.2, 0.25) is 5.82 Å². The SMILES string of the molecule is Cc1cnc(OCc2noc(-c3ccccc3C)n2)c([N+](=O)[O-])c1. The normalized spacial score (nSPS) is 10.6. The Morgan fingerprint density at radius 2 is 2.08 bits per heavy atom. The number of hydrogen-bond acceptors (Lipinski definition) is 7. The van der Waals surface area contributed by atoms with Gasteiger partial charge in [0, 0.05) is 17.8 Å². The fourth-order valence-electron chi connectivity index (χ4n) is 2.15. The Morgan fingerprint density at radius 3 is 2.83 bits per heavy atom. The highest BCUT2D eigenvalue weighted by Crippen LogP contribution is 2.26. The van der Waals surface area contributed by atoms with Gasteiger partial charge in [0.05, 0.1) is 4.92 Å². The Hall–Kier alpha value is -3.29. The molecule has 0 spiro atoms. The molecule has 8 nitrogen and oxygen atoms in total. The number of rotatable bonds is 5. The van der Waals surface area contributed by atoms with E-state index in [0.717, 1.165) is 11.1 Å². The topological polar surface area (TPSA) is 104 Å². The van der Waals surface area contributed by atoms with E-state index >= 15 is 0 Å². The minimum absolute atomic E-state index is 0.0761. The Bertz CT molecular complexity index is 891. The van der Waals surface area contributed by atoms with Crippen LogP contribution in [0.25, 0.3) is 11.5 Å². The van der Waals surface area contributed by atoms with Crippen LogP contribution >= 0.6 is 0 Å². The van der Waals surface area contributed by atoms with Crippen LogP contribution in [0.2, 0.25) is 0 Å². The summed E-state index contributed by atoms with van der Waals surface area (Å²) in [6.45, 7) is 3.58. The van der Waals surface area contributed by atoms with Crippen LogP contribution in [0, 0.1) is 24.0 Å². The average molecular weight is 326 g/mol. The molecule has 0 unspecified atom stereocenters. The second-order valence-corrected chi connectivity index (χ2v) is 5.21. The van der Waals surface area contributed by atoms with Crippen LogP contribution in [0.15, 0.2) is 41.1 Å². The standard InChI is InChI=1S/C16H14N4O4/c1-10-7-13(20(21)22)16(17-8-10)23-9-14-18-15(24-19-14)12-6-4-3-5-11(12)2/h3-8H,9H2,1-2H3. The molecular formula is C16H14N4O4. The first-order chi connectivity index (χ1) is 11.5. The summed E-state index contributed by atoms with van der Waals surface area (Å²) in [7, 11) is 0. The summed E-state index contributed by atoms with van der Waals surface area (Å²) in [4.78, 5) is 18.7. The van der Waals surface area contributed by atoms with Crippen molar-refractivity contribution in [3.05, 3.63) is 63.6 Å². The Labute approximate surface area is 137 Å². The van der Waals surface area contributed by atoms with Gasteiger partial charge >= 0.3 is 5.69 Å². The lowest BCUT2D eigenvalue weighted by molar-refractivity contribution is -0.386. The van der Waals surface area contributed by atoms with Crippen LogP contribution in [-0.4, -0.2) is 20.0 Å². The third-order valence-corrected chi connectivity index (χ3v) is 3.35. The van der Waals surface area contributed by atoms with Gasteiger partial charge in [0.1, 0.15) is 0 Å². The zero-order chi connectivity index (χ0) is 17.1. The van der Waals surface area contributed by atoms with Crippen molar-refractivity contribution in [1.82, 2.24) is 15.1 Å². The van der Waals surface area contributed by atoms with Gasteiger partial charge in [-0.25, -0.2) is 4.98 Å². The predicted octanol–water partition coefficient (Wildman–Crippen LogP) is 3.24. The lowest BCUT2D eigenvalue weighted by Gasteiger charge is -2.03. The summed E-state index contributed by atoms with van der Waals surface area (Å²) in [5, 5.41) is 14.9. The highest BCUT2D eigenvalue weighted by molar-refractivity contribution is 5.57. The molecule has 0 radical (unpaired) electrons. The summed E-state index contributed by atoms with van der Waals surface area (Å²) < 4.78 is 10.6. The summed E-state index contributed by atoms with van der Waals surface area (Å²) in [6.07, 6.45) is 1.50. The number of nitro groups is 1. The van der Waals surface area contributed by atoms with E-state index in [4.69, 9.17) is 9.26 Å². The number of hydrogen-bond donors (Lipinski definition) is 0. The molecule has 122 valence electrons. The summed E-state index contributed by atoms with van der Waals surface area (Å²) in [6, 6.07) is 9.01. The van der Waals surface area contributed by atoms with Gasteiger partial charge in [-0.05, 0) is 31.0 Å². The van der Waals surface area contributed by atoms with Gasteiger partial charge in [-0.1, -0.05) is 23.4 Å². The monoisotopic (exact) mass is 326 g/mol. The minimum Gasteiger partial charge on any atom is -0.464 e. The molecular weight excluding hydrogens is 312 g/mol. The number of pyridine rings is 1. The van der Waals surface area contributed by atoms with Crippen LogP contribution < -0.4 is 4.74 Å². The number of nitrogens with zero attached hydrogens (tertiary/aromatic N) is 4. The van der Waals surface area contributed by atoms with Crippen molar-refractivity contribution in [1.29, 1.82) is 0 Å². The van der Waals surface area contributed by atoms with Gasteiger partial charge in [0.15, 0.2) is 6.61 Å². The van der Waals surface area contributed by atoms with E-state index in [1.54, 1.807) is 6.92 Å². The number of aryl methyl sites for hydroxylation is 2. The molecule has 0 aliphatic carbocycles. The van der Waals surface area contributed by atoms with Crippen LogP contribution in [0.4, 0.5) is 5.69 Å². The predicted molar refractivity (Wildman–Crippen MR) is 84.4 cm³/mol. The van der Waals surface area contributed by atoms with Gasteiger partial charge in [0.25, 0.3) is 11.8 Å². The third kappa shape index (κ3) is 3.22. The third-order valence-electron chi connectivity index (χ3n) is 3.35. The zero-order valence-electron chi connectivity index (χ0n) is 13.1. The number of benzene rings is 1. The summed E-state index contributed by atoms with van der Waals surface area (Å²) >= 11 is 0. The Morgan fingerprint density at radius 1 is 1.29 bits per heavy atom. The fraction of sp³-hybridized carbons (Fsp3) is 0.188. The Kier molecular flexibility index (Phi) is 4.19. The first-order valence-corrected chi connectivity index (χ1v) is 7.17. The van der Waals surface area contributed by atoms with E-state index in [1.807, 2.05) is 31.2 Å². The molecule has 0 aliphatic heterocycles. The molecule has 1 aromatic carbocycles. The molecule has 0 atom stereocenters. The maximum absolute atomic E-state index is 11.0. The Balaban J connectivity index is 1.77. The smallest absolute Gasteiger partial charge is 0.331 e. The first kappa shape index (κ1) is 15.6. The van der Waals surface area contributed by atoms with E-state index < -0.39 is 4.92 Å². The largest absolute Gasteiger partial charge is 0.464 e. The van der Waals surface area contributed by atoms with Gasteiger partial charge in [-0.2, -0.15) is 4.98 Å². The minimum atomic E-state index is -0.537. The van der Waals surface area contributed by atoms with Crippen molar-refractivity contribution < 1.29 is 14.2 Å². The molecule has 0 fully saturated rings. The molecule has 0 amide bonds. The maximum Gasteiger partial charge on any atom is 0.331 e. The first-order valence-electron chi connectivity index (χ1n) is 7.17. The molecule has 2 heterocycles. The highest BCUT2D eigenvalue weighted by atomic mass is 16.6. The fourth-order valence-corrected chi connectivity index (χ4v) is 2.15. The van der Waals surface area contributed by atoms with Crippen molar-refractivity contribution in [2.75, 3.05) is 0 Å². The maximum atomic E-state index is 11.0. The molecule has 0 saturated heterocycles. The highest BCUT2D eigenvalue weighted by Gasteiger charge is 2.18. The number of ether oxygens (including phenoxy) is 1. The van der Waals surface area contributed by atoms with Crippen LogP contribution in [-0.2, 0) is 6.61 Å². The van der Waals surface area contributed by atoms with Crippen molar-refractivity contribution in [3.63, 3.8) is 0 Å². The molecule has 0 N–H and O–H groups in total. The quantitative estimate of drug-likeness (QED) is 0.523. The van der Waals surface area contributed by atoms with E-state index in [0.29, 0.717) is 11.5 Å².